The van der Waals surface area contributed by atoms with E-state index >= 15 is 0 Å². The number of nitrogens with one attached hydrogen (secondary N) is 1. The molecule has 0 aliphatic rings. The van der Waals surface area contributed by atoms with E-state index in [9.17, 15) is 4.79 Å². The Morgan fingerprint density at radius 1 is 1.35 bits per heavy atom. The molecular weight excluding hydrogens is 216 g/mol. The van der Waals surface area contributed by atoms with Gasteiger partial charge in [-0.25, -0.2) is 0 Å². The van der Waals surface area contributed by atoms with Crippen molar-refractivity contribution in [2.45, 2.75) is 13.8 Å². The quantitative estimate of drug-likeness (QED) is 0.602. The molecule has 0 heterocycles. The van der Waals surface area contributed by atoms with Crippen LogP contribution in [0.15, 0.2) is 35.9 Å². The fourth-order valence-electron chi connectivity index (χ4n) is 1.13. The number of hydrogen-bond donors (Lipinski definition) is 2. The number of nitrogens with two attached hydrogens (primary N) is 1. The van der Waals surface area contributed by atoms with Gasteiger partial charge < -0.3 is 15.8 Å². The lowest BCUT2D eigenvalue weighted by Gasteiger charge is -2.06. The van der Waals surface area contributed by atoms with Gasteiger partial charge in [0.25, 0.3) is 5.91 Å². The van der Waals surface area contributed by atoms with Gasteiger partial charge in [-0.05, 0) is 38.1 Å². The second kappa shape index (κ2) is 6.58. The lowest BCUT2D eigenvalue weighted by molar-refractivity contribution is -0.122. The van der Waals surface area contributed by atoms with Crippen molar-refractivity contribution in [2.24, 2.45) is 0 Å². The van der Waals surface area contributed by atoms with Crippen molar-refractivity contribution in [3.05, 3.63) is 35.9 Å². The van der Waals surface area contributed by atoms with Gasteiger partial charge in [-0.2, -0.15) is 0 Å². The smallest absolute Gasteiger partial charge is 0.258 e. The second-order valence-electron chi connectivity index (χ2n) is 3.94. The van der Waals surface area contributed by atoms with E-state index in [-0.39, 0.29) is 12.5 Å². The third kappa shape index (κ3) is 5.61. The number of nitrogen functional groups attached to an aromatic ring is 1. The summed E-state index contributed by atoms with van der Waals surface area (Å²) >= 11 is 0. The highest BCUT2D eigenvalue weighted by Crippen LogP contribution is 2.12. The lowest BCUT2D eigenvalue weighted by atomic mass is 10.3. The molecule has 0 aliphatic carbocycles. The van der Waals surface area contributed by atoms with E-state index in [4.69, 9.17) is 10.5 Å². The van der Waals surface area contributed by atoms with Crippen molar-refractivity contribution in [1.29, 1.82) is 0 Å². The van der Waals surface area contributed by atoms with Crippen molar-refractivity contribution in [3.63, 3.8) is 0 Å². The van der Waals surface area contributed by atoms with E-state index in [0.29, 0.717) is 18.0 Å². The van der Waals surface area contributed by atoms with Gasteiger partial charge in [0.1, 0.15) is 5.75 Å². The summed E-state index contributed by atoms with van der Waals surface area (Å²) in [6.07, 6.45) is 1.95. The first-order chi connectivity index (χ1) is 8.08. The zero-order chi connectivity index (χ0) is 12.7. The number of benzene rings is 1. The van der Waals surface area contributed by atoms with Crippen LogP contribution in [0.4, 0.5) is 5.69 Å². The van der Waals surface area contributed by atoms with Crippen LogP contribution in [0.5, 0.6) is 5.75 Å². The lowest BCUT2D eigenvalue weighted by Crippen LogP contribution is -2.29. The number of carbonyl (C=O) groups is 1. The number of rotatable bonds is 5. The highest BCUT2D eigenvalue weighted by Gasteiger charge is 2.00. The summed E-state index contributed by atoms with van der Waals surface area (Å²) in [4.78, 5) is 11.4. The maximum atomic E-state index is 11.4. The molecule has 0 saturated heterocycles. The molecule has 92 valence electrons. The Morgan fingerprint density at radius 2 is 2.00 bits per heavy atom. The minimum Gasteiger partial charge on any atom is -0.484 e. The van der Waals surface area contributed by atoms with Crippen LogP contribution < -0.4 is 15.8 Å². The Labute approximate surface area is 101 Å². The molecule has 0 aromatic heterocycles. The first-order valence-electron chi connectivity index (χ1n) is 5.46. The maximum absolute atomic E-state index is 11.4. The van der Waals surface area contributed by atoms with Gasteiger partial charge in [-0.15, -0.1) is 0 Å². The number of ether oxygens (including phenoxy) is 1. The Bertz CT molecular complexity index is 392. The van der Waals surface area contributed by atoms with Gasteiger partial charge >= 0.3 is 0 Å². The van der Waals surface area contributed by atoms with E-state index in [2.05, 4.69) is 5.32 Å². The zero-order valence-electron chi connectivity index (χ0n) is 10.2. The topological polar surface area (TPSA) is 64.3 Å². The molecule has 0 spiro atoms. The summed E-state index contributed by atoms with van der Waals surface area (Å²) in [5, 5.41) is 2.73. The number of amides is 1. The standard InChI is InChI=1S/C13H18N2O2/c1-10(2)7-8-15-13(16)9-17-12-5-3-11(14)4-6-12/h3-7H,8-9,14H2,1-2H3,(H,15,16). The summed E-state index contributed by atoms with van der Waals surface area (Å²) in [7, 11) is 0. The molecule has 0 atom stereocenters. The van der Waals surface area contributed by atoms with Crippen LogP contribution in [0.3, 0.4) is 0 Å². The molecule has 0 radical (unpaired) electrons. The minimum atomic E-state index is -0.140. The van der Waals surface area contributed by atoms with E-state index in [1.54, 1.807) is 24.3 Å². The van der Waals surface area contributed by atoms with E-state index in [0.717, 1.165) is 0 Å². The molecule has 3 N–H and O–H groups in total. The van der Waals surface area contributed by atoms with Gasteiger partial charge in [-0.3, -0.25) is 4.79 Å². The zero-order valence-corrected chi connectivity index (χ0v) is 10.2. The van der Waals surface area contributed by atoms with E-state index in [1.807, 2.05) is 19.9 Å². The van der Waals surface area contributed by atoms with Crippen LogP contribution in [0.1, 0.15) is 13.8 Å². The highest BCUT2D eigenvalue weighted by atomic mass is 16.5. The molecule has 4 heteroatoms. The largest absolute Gasteiger partial charge is 0.484 e. The van der Waals surface area contributed by atoms with Crippen LogP contribution in [-0.4, -0.2) is 19.1 Å². The third-order valence-electron chi connectivity index (χ3n) is 2.06. The number of hydrogen-bond acceptors (Lipinski definition) is 3. The summed E-state index contributed by atoms with van der Waals surface area (Å²) < 4.78 is 5.29. The fraction of sp³-hybridized carbons (Fsp3) is 0.308. The number of allylic oxidation sites excluding steroid dienone is 1. The molecule has 0 saturated carbocycles. The van der Waals surface area contributed by atoms with Crippen LogP contribution >= 0.6 is 0 Å². The molecule has 17 heavy (non-hydrogen) atoms. The van der Waals surface area contributed by atoms with Gasteiger partial charge in [0.15, 0.2) is 6.61 Å². The van der Waals surface area contributed by atoms with Crippen LogP contribution in [0, 0.1) is 0 Å². The van der Waals surface area contributed by atoms with Gasteiger partial charge in [0.05, 0.1) is 0 Å². The third-order valence-corrected chi connectivity index (χ3v) is 2.06. The molecule has 1 amide bonds. The maximum Gasteiger partial charge on any atom is 0.258 e. The fourth-order valence-corrected chi connectivity index (χ4v) is 1.13. The molecule has 1 aromatic rings. The summed E-state index contributed by atoms with van der Waals surface area (Å²) in [6.45, 7) is 4.51. The predicted octanol–water partition coefficient (Wildman–Crippen LogP) is 1.73. The second-order valence-corrected chi connectivity index (χ2v) is 3.94. The molecule has 0 unspecified atom stereocenters. The molecule has 0 bridgehead atoms. The van der Waals surface area contributed by atoms with Crippen LogP contribution in [0.25, 0.3) is 0 Å². The van der Waals surface area contributed by atoms with Gasteiger partial charge in [-0.1, -0.05) is 11.6 Å². The number of carbonyl (C=O) groups excluding carboxylic acids is 1. The summed E-state index contributed by atoms with van der Waals surface area (Å²) in [6, 6.07) is 6.93. The summed E-state index contributed by atoms with van der Waals surface area (Å²) in [5.41, 5.74) is 7.38. The van der Waals surface area contributed by atoms with Crippen molar-refractivity contribution in [1.82, 2.24) is 5.32 Å². The van der Waals surface area contributed by atoms with Crippen molar-refractivity contribution < 1.29 is 9.53 Å². The average Bonchev–Trinajstić information content (AvgIpc) is 2.28. The van der Waals surface area contributed by atoms with Crippen molar-refractivity contribution in [2.75, 3.05) is 18.9 Å². The first-order valence-corrected chi connectivity index (χ1v) is 5.46. The molecule has 0 fully saturated rings. The van der Waals surface area contributed by atoms with Crippen LogP contribution in [0.2, 0.25) is 0 Å². The SMILES string of the molecule is CC(C)=CCNC(=O)COc1ccc(N)cc1. The predicted molar refractivity (Wildman–Crippen MR) is 68.8 cm³/mol. The Kier molecular flexibility index (Phi) is 5.07. The normalized spacial score (nSPS) is 9.53. The highest BCUT2D eigenvalue weighted by molar-refractivity contribution is 5.77. The molecule has 1 aromatic carbocycles. The van der Waals surface area contributed by atoms with E-state index in [1.165, 1.54) is 5.57 Å². The molecular formula is C13H18N2O2. The average molecular weight is 234 g/mol. The molecule has 1 rings (SSSR count). The molecule has 0 aliphatic heterocycles. The van der Waals surface area contributed by atoms with Crippen LogP contribution in [-0.2, 0) is 4.79 Å². The molecule has 4 nitrogen and oxygen atoms in total. The number of anilines is 1. The monoisotopic (exact) mass is 234 g/mol. The Morgan fingerprint density at radius 3 is 2.59 bits per heavy atom. The first kappa shape index (κ1) is 13.1. The van der Waals surface area contributed by atoms with Gasteiger partial charge in [0, 0.05) is 12.2 Å². The Hall–Kier alpha value is -1.97. The van der Waals surface area contributed by atoms with Crippen molar-refractivity contribution in [3.8, 4) is 5.75 Å². The van der Waals surface area contributed by atoms with Gasteiger partial charge in [0.2, 0.25) is 0 Å². The minimum absolute atomic E-state index is 0.0144. The van der Waals surface area contributed by atoms with E-state index < -0.39 is 0 Å². The van der Waals surface area contributed by atoms with Crippen molar-refractivity contribution >= 4 is 11.6 Å². The Balaban J connectivity index is 2.28. The summed E-state index contributed by atoms with van der Waals surface area (Å²) in [5.74, 6) is 0.496.